The van der Waals surface area contributed by atoms with Crippen molar-refractivity contribution in [2.45, 2.75) is 5.75 Å². The molecule has 1 N–H and O–H groups in total. The van der Waals surface area contributed by atoms with E-state index in [0.717, 1.165) is 5.56 Å². The van der Waals surface area contributed by atoms with Crippen LogP contribution in [0.2, 0.25) is 10.0 Å². The fraction of sp³-hybridized carbons (Fsp3) is 0.133. The maximum absolute atomic E-state index is 13.6. The van der Waals surface area contributed by atoms with E-state index in [9.17, 15) is 9.18 Å². The second-order valence-electron chi connectivity index (χ2n) is 4.37. The maximum Gasteiger partial charge on any atom is 0.234 e. The molecule has 0 aliphatic carbocycles. The average Bonchev–Trinajstić information content (AvgIpc) is 2.45. The van der Waals surface area contributed by atoms with Crippen molar-refractivity contribution in [3.63, 3.8) is 0 Å². The lowest BCUT2D eigenvalue weighted by atomic mass is 10.2. The average molecular weight is 423 g/mol. The largest absolute Gasteiger partial charge is 0.323 e. The highest BCUT2D eigenvalue weighted by Gasteiger charge is 2.10. The lowest BCUT2D eigenvalue weighted by molar-refractivity contribution is -0.113. The Hall–Kier alpha value is -0.750. The van der Waals surface area contributed by atoms with Gasteiger partial charge in [-0.05, 0) is 35.9 Å². The fourth-order valence-corrected chi connectivity index (χ4v) is 3.59. The molecule has 0 aromatic heterocycles. The minimum atomic E-state index is -0.484. The minimum Gasteiger partial charge on any atom is -0.323 e. The lowest BCUT2D eigenvalue weighted by Gasteiger charge is -2.08. The molecule has 0 heterocycles. The monoisotopic (exact) mass is 421 g/mol. The predicted octanol–water partition coefficient (Wildman–Crippen LogP) is 5.77. The Morgan fingerprint density at radius 1 is 1.23 bits per heavy atom. The lowest BCUT2D eigenvalue weighted by Crippen LogP contribution is -2.15. The number of rotatable bonds is 5. The maximum atomic E-state index is 13.6. The van der Waals surface area contributed by atoms with Crippen LogP contribution in [-0.2, 0) is 10.5 Å². The van der Waals surface area contributed by atoms with E-state index in [0.29, 0.717) is 20.3 Å². The summed E-state index contributed by atoms with van der Waals surface area (Å²) in [5.74, 6) is -0.0810. The summed E-state index contributed by atoms with van der Waals surface area (Å²) in [5.41, 5.74) is 0.947. The first-order chi connectivity index (χ1) is 10.5. The molecule has 22 heavy (non-hydrogen) atoms. The van der Waals surface area contributed by atoms with Crippen LogP contribution in [0.1, 0.15) is 5.56 Å². The molecule has 2 aromatic carbocycles. The van der Waals surface area contributed by atoms with Crippen LogP contribution in [0.3, 0.4) is 0 Å². The van der Waals surface area contributed by atoms with E-state index in [1.54, 1.807) is 24.3 Å². The van der Waals surface area contributed by atoms with Crippen LogP contribution in [0.25, 0.3) is 0 Å². The summed E-state index contributed by atoms with van der Waals surface area (Å²) in [4.78, 5) is 11.8. The Kier molecular flexibility index (Phi) is 6.56. The van der Waals surface area contributed by atoms with E-state index in [2.05, 4.69) is 21.2 Å². The molecule has 0 saturated heterocycles. The SMILES string of the molecule is O=C(CSCc1c(Cl)cccc1Cl)Nc1ccc(Br)cc1F. The molecule has 0 unspecified atom stereocenters. The quantitative estimate of drug-likeness (QED) is 0.662. The van der Waals surface area contributed by atoms with Crippen molar-refractivity contribution in [2.24, 2.45) is 0 Å². The Labute approximate surface area is 150 Å². The zero-order valence-electron chi connectivity index (χ0n) is 11.2. The van der Waals surface area contributed by atoms with Crippen LogP contribution in [0.4, 0.5) is 10.1 Å². The fourth-order valence-electron chi connectivity index (χ4n) is 1.69. The molecule has 2 aromatic rings. The number of halogens is 4. The summed E-state index contributed by atoms with van der Waals surface area (Å²) in [5, 5.41) is 3.67. The molecule has 116 valence electrons. The first-order valence-corrected chi connectivity index (χ1v) is 8.93. The van der Waals surface area contributed by atoms with Crippen molar-refractivity contribution >= 4 is 62.5 Å². The van der Waals surface area contributed by atoms with Crippen molar-refractivity contribution in [3.05, 3.63) is 62.3 Å². The smallest absolute Gasteiger partial charge is 0.234 e. The molecule has 0 aliphatic heterocycles. The van der Waals surface area contributed by atoms with Crippen LogP contribution in [0.15, 0.2) is 40.9 Å². The van der Waals surface area contributed by atoms with E-state index in [1.165, 1.54) is 23.9 Å². The van der Waals surface area contributed by atoms with E-state index in [1.807, 2.05) is 0 Å². The molecular formula is C15H11BrCl2FNOS. The molecule has 0 radical (unpaired) electrons. The van der Waals surface area contributed by atoms with Gasteiger partial charge in [0, 0.05) is 20.3 Å². The Bertz CT molecular complexity index is 679. The number of carbonyl (C=O) groups excluding carboxylic acids is 1. The molecule has 0 bridgehead atoms. The molecule has 0 fully saturated rings. The Morgan fingerprint density at radius 3 is 2.55 bits per heavy atom. The van der Waals surface area contributed by atoms with E-state index >= 15 is 0 Å². The molecule has 2 nitrogen and oxygen atoms in total. The van der Waals surface area contributed by atoms with Gasteiger partial charge in [0.25, 0.3) is 0 Å². The number of nitrogens with one attached hydrogen (secondary N) is 1. The van der Waals surface area contributed by atoms with E-state index in [4.69, 9.17) is 23.2 Å². The molecular weight excluding hydrogens is 412 g/mol. The first kappa shape index (κ1) is 17.6. The number of thioether (sulfide) groups is 1. The van der Waals surface area contributed by atoms with Gasteiger partial charge in [0.15, 0.2) is 0 Å². The molecule has 2 rings (SSSR count). The molecule has 0 aliphatic rings. The van der Waals surface area contributed by atoms with Gasteiger partial charge in [-0.25, -0.2) is 4.39 Å². The number of carbonyl (C=O) groups is 1. The molecule has 1 amide bonds. The van der Waals surface area contributed by atoms with Gasteiger partial charge in [0.2, 0.25) is 5.91 Å². The van der Waals surface area contributed by atoms with Gasteiger partial charge in [-0.1, -0.05) is 45.2 Å². The van der Waals surface area contributed by atoms with Gasteiger partial charge in [0.1, 0.15) is 5.82 Å². The second kappa shape index (κ2) is 8.20. The standard InChI is InChI=1S/C15H11BrCl2FNOS/c16-9-4-5-14(13(19)6-9)20-15(21)8-22-7-10-11(17)2-1-3-12(10)18/h1-6H,7-8H2,(H,20,21). The van der Waals surface area contributed by atoms with Gasteiger partial charge in [0.05, 0.1) is 11.4 Å². The van der Waals surface area contributed by atoms with Crippen molar-refractivity contribution in [2.75, 3.05) is 11.1 Å². The highest BCUT2D eigenvalue weighted by Crippen LogP contribution is 2.28. The van der Waals surface area contributed by atoms with Crippen LogP contribution in [-0.4, -0.2) is 11.7 Å². The van der Waals surface area contributed by atoms with E-state index < -0.39 is 5.82 Å². The summed E-state index contributed by atoms with van der Waals surface area (Å²) >= 11 is 16.6. The third kappa shape index (κ3) is 4.88. The third-order valence-electron chi connectivity index (χ3n) is 2.75. The summed E-state index contributed by atoms with van der Waals surface area (Å²) in [6.45, 7) is 0. The molecule has 7 heteroatoms. The van der Waals surface area contributed by atoms with Gasteiger partial charge in [-0.3, -0.25) is 4.79 Å². The number of hydrogen-bond acceptors (Lipinski definition) is 2. The van der Waals surface area contributed by atoms with Gasteiger partial charge in [-0.15, -0.1) is 11.8 Å². The first-order valence-electron chi connectivity index (χ1n) is 6.23. The minimum absolute atomic E-state index is 0.157. The van der Waals surface area contributed by atoms with Gasteiger partial charge < -0.3 is 5.32 Å². The van der Waals surface area contributed by atoms with Crippen molar-refractivity contribution < 1.29 is 9.18 Å². The number of amides is 1. The van der Waals surface area contributed by atoms with Crippen LogP contribution >= 0.6 is 50.9 Å². The molecule has 0 atom stereocenters. The van der Waals surface area contributed by atoms with E-state index in [-0.39, 0.29) is 17.3 Å². The Morgan fingerprint density at radius 2 is 1.91 bits per heavy atom. The van der Waals surface area contributed by atoms with Gasteiger partial charge >= 0.3 is 0 Å². The Balaban J connectivity index is 1.88. The topological polar surface area (TPSA) is 29.1 Å². The normalized spacial score (nSPS) is 10.5. The summed E-state index contributed by atoms with van der Waals surface area (Å²) in [7, 11) is 0. The molecule has 0 saturated carbocycles. The molecule has 0 spiro atoms. The highest BCUT2D eigenvalue weighted by atomic mass is 79.9. The van der Waals surface area contributed by atoms with Crippen LogP contribution < -0.4 is 5.32 Å². The number of hydrogen-bond donors (Lipinski definition) is 1. The second-order valence-corrected chi connectivity index (χ2v) is 7.08. The third-order valence-corrected chi connectivity index (χ3v) is 4.91. The highest BCUT2D eigenvalue weighted by molar-refractivity contribution is 9.10. The predicted molar refractivity (Wildman–Crippen MR) is 95.4 cm³/mol. The van der Waals surface area contributed by atoms with Crippen LogP contribution in [0.5, 0.6) is 0 Å². The van der Waals surface area contributed by atoms with Crippen molar-refractivity contribution in [3.8, 4) is 0 Å². The summed E-state index contributed by atoms with van der Waals surface area (Å²) in [6.07, 6.45) is 0. The number of anilines is 1. The van der Waals surface area contributed by atoms with Crippen molar-refractivity contribution in [1.29, 1.82) is 0 Å². The summed E-state index contributed by atoms with van der Waals surface area (Å²) in [6, 6.07) is 9.73. The number of benzene rings is 2. The zero-order chi connectivity index (χ0) is 16.1. The van der Waals surface area contributed by atoms with Crippen LogP contribution in [0, 0.1) is 5.82 Å². The summed E-state index contributed by atoms with van der Waals surface area (Å²) < 4.78 is 14.2. The van der Waals surface area contributed by atoms with Crippen molar-refractivity contribution in [1.82, 2.24) is 0 Å². The zero-order valence-corrected chi connectivity index (χ0v) is 15.1. The van der Waals surface area contributed by atoms with Gasteiger partial charge in [-0.2, -0.15) is 0 Å².